The smallest absolute Gasteiger partial charge is 0.237 e. The third-order valence-corrected chi connectivity index (χ3v) is 5.00. The third-order valence-electron chi connectivity index (χ3n) is 5.00. The summed E-state index contributed by atoms with van der Waals surface area (Å²) < 4.78 is 0. The summed E-state index contributed by atoms with van der Waals surface area (Å²) in [6, 6.07) is 1.18. The van der Waals surface area contributed by atoms with Gasteiger partial charge >= 0.3 is 0 Å². The molecule has 2 aliphatic carbocycles. The maximum atomic E-state index is 12.7. The van der Waals surface area contributed by atoms with E-state index in [1.165, 1.54) is 64.2 Å². The van der Waals surface area contributed by atoms with Crippen LogP contribution in [0.4, 0.5) is 0 Å². The Morgan fingerprint density at radius 3 is 2.00 bits per heavy atom. The Morgan fingerprint density at radius 1 is 0.842 bits per heavy atom. The number of likely N-dealkylation sites (tertiary alicyclic amines) is 1. The highest BCUT2D eigenvalue weighted by Crippen LogP contribution is 2.34. The number of amides is 1. The van der Waals surface area contributed by atoms with Crippen molar-refractivity contribution in [2.75, 3.05) is 19.6 Å². The quantitative estimate of drug-likeness (QED) is 0.779. The van der Waals surface area contributed by atoms with E-state index in [-0.39, 0.29) is 0 Å². The van der Waals surface area contributed by atoms with Crippen LogP contribution in [0.25, 0.3) is 0 Å². The van der Waals surface area contributed by atoms with E-state index in [4.69, 9.17) is 0 Å². The van der Waals surface area contributed by atoms with Crippen LogP contribution in [0.2, 0.25) is 0 Å². The molecule has 3 rings (SSSR count). The van der Waals surface area contributed by atoms with Crippen molar-refractivity contribution in [1.82, 2.24) is 9.80 Å². The van der Waals surface area contributed by atoms with Crippen LogP contribution in [0.5, 0.6) is 0 Å². The van der Waals surface area contributed by atoms with Gasteiger partial charge < -0.3 is 4.90 Å². The molecular formula is C16H28N2O. The molecule has 3 aliphatic rings. The Labute approximate surface area is 117 Å². The Hall–Kier alpha value is -0.570. The van der Waals surface area contributed by atoms with E-state index in [0.29, 0.717) is 24.5 Å². The van der Waals surface area contributed by atoms with E-state index in [1.807, 2.05) is 0 Å². The Morgan fingerprint density at radius 2 is 1.42 bits per heavy atom. The monoisotopic (exact) mass is 264 g/mol. The van der Waals surface area contributed by atoms with Crippen molar-refractivity contribution in [1.29, 1.82) is 0 Å². The molecule has 1 saturated heterocycles. The fourth-order valence-corrected chi connectivity index (χ4v) is 3.81. The molecule has 0 atom stereocenters. The van der Waals surface area contributed by atoms with E-state index in [2.05, 4.69) is 9.80 Å². The average Bonchev–Trinajstić information content (AvgIpc) is 3.14. The lowest BCUT2D eigenvalue weighted by Gasteiger charge is -2.31. The molecule has 0 N–H and O–H groups in total. The van der Waals surface area contributed by atoms with Gasteiger partial charge in [0.2, 0.25) is 5.91 Å². The van der Waals surface area contributed by atoms with Gasteiger partial charge in [0.15, 0.2) is 0 Å². The molecule has 2 saturated carbocycles. The third kappa shape index (κ3) is 3.50. The van der Waals surface area contributed by atoms with Gasteiger partial charge in [0.25, 0.3) is 0 Å². The normalized spacial score (nSPS) is 26.3. The zero-order valence-electron chi connectivity index (χ0n) is 12.1. The molecule has 0 aromatic carbocycles. The fourth-order valence-electron chi connectivity index (χ4n) is 3.81. The largest absolute Gasteiger partial charge is 0.336 e. The predicted molar refractivity (Wildman–Crippen MR) is 77.0 cm³/mol. The Balaban J connectivity index is 1.56. The molecule has 0 aromatic rings. The first-order valence-electron chi connectivity index (χ1n) is 8.38. The molecule has 3 heteroatoms. The number of rotatable bonds is 4. The fraction of sp³-hybridized carbons (Fsp3) is 0.938. The van der Waals surface area contributed by atoms with Gasteiger partial charge in [0.1, 0.15) is 0 Å². The lowest BCUT2D eigenvalue weighted by Crippen LogP contribution is -2.46. The van der Waals surface area contributed by atoms with Gasteiger partial charge in [-0.15, -0.1) is 0 Å². The standard InChI is InChI=1S/C16H28N2O/c19-16(13-17-11-5-1-2-6-12-17)18(15-9-10-15)14-7-3-4-8-14/h14-15H,1-13H2. The minimum absolute atomic E-state index is 0.427. The molecule has 3 fully saturated rings. The van der Waals surface area contributed by atoms with Gasteiger partial charge in [-0.2, -0.15) is 0 Å². The number of hydrogen-bond acceptors (Lipinski definition) is 2. The van der Waals surface area contributed by atoms with Crippen molar-refractivity contribution in [3.63, 3.8) is 0 Å². The van der Waals surface area contributed by atoms with Gasteiger partial charge in [-0.25, -0.2) is 0 Å². The number of carbonyl (C=O) groups excluding carboxylic acids is 1. The molecule has 0 spiro atoms. The van der Waals surface area contributed by atoms with Crippen molar-refractivity contribution in [3.8, 4) is 0 Å². The second-order valence-electron chi connectivity index (χ2n) is 6.66. The topological polar surface area (TPSA) is 23.6 Å². The van der Waals surface area contributed by atoms with Crippen molar-refractivity contribution < 1.29 is 4.79 Å². The molecular weight excluding hydrogens is 236 g/mol. The maximum Gasteiger partial charge on any atom is 0.237 e. The Kier molecular flexibility index (Phi) is 4.42. The van der Waals surface area contributed by atoms with Gasteiger partial charge in [0, 0.05) is 12.1 Å². The van der Waals surface area contributed by atoms with E-state index in [9.17, 15) is 4.79 Å². The first-order valence-corrected chi connectivity index (χ1v) is 8.38. The molecule has 1 heterocycles. The zero-order chi connectivity index (χ0) is 13.1. The van der Waals surface area contributed by atoms with Gasteiger partial charge in [-0.05, 0) is 51.6 Å². The van der Waals surface area contributed by atoms with Crippen LogP contribution >= 0.6 is 0 Å². The molecule has 0 radical (unpaired) electrons. The van der Waals surface area contributed by atoms with Gasteiger partial charge in [0.05, 0.1) is 6.54 Å². The number of carbonyl (C=O) groups is 1. The minimum atomic E-state index is 0.427. The lowest BCUT2D eigenvalue weighted by atomic mass is 10.2. The summed E-state index contributed by atoms with van der Waals surface area (Å²) in [4.78, 5) is 17.4. The molecule has 0 aromatic heterocycles. The highest BCUT2D eigenvalue weighted by molar-refractivity contribution is 5.79. The van der Waals surface area contributed by atoms with E-state index < -0.39 is 0 Å². The predicted octanol–water partition coefficient (Wildman–Crippen LogP) is 2.80. The summed E-state index contributed by atoms with van der Waals surface area (Å²) >= 11 is 0. The van der Waals surface area contributed by atoms with Crippen molar-refractivity contribution >= 4 is 5.91 Å². The van der Waals surface area contributed by atoms with E-state index in [0.717, 1.165) is 13.1 Å². The maximum absolute atomic E-state index is 12.7. The van der Waals surface area contributed by atoms with Crippen LogP contribution in [-0.2, 0) is 4.79 Å². The average molecular weight is 264 g/mol. The number of hydrogen-bond donors (Lipinski definition) is 0. The summed E-state index contributed by atoms with van der Waals surface area (Å²) in [6.45, 7) is 2.96. The van der Waals surface area contributed by atoms with Crippen LogP contribution in [0.1, 0.15) is 64.2 Å². The summed E-state index contributed by atoms with van der Waals surface area (Å²) in [5.41, 5.74) is 0. The summed E-state index contributed by atoms with van der Waals surface area (Å²) in [5, 5.41) is 0. The molecule has 3 nitrogen and oxygen atoms in total. The number of nitrogens with zero attached hydrogens (tertiary/aromatic N) is 2. The first-order chi connectivity index (χ1) is 9.34. The van der Waals surface area contributed by atoms with Crippen molar-refractivity contribution in [3.05, 3.63) is 0 Å². The highest BCUT2D eigenvalue weighted by Gasteiger charge is 2.38. The summed E-state index contributed by atoms with van der Waals surface area (Å²) in [5.74, 6) is 0.427. The van der Waals surface area contributed by atoms with Gasteiger partial charge in [-0.3, -0.25) is 9.69 Å². The molecule has 1 aliphatic heterocycles. The zero-order valence-corrected chi connectivity index (χ0v) is 12.1. The van der Waals surface area contributed by atoms with Crippen LogP contribution in [0.3, 0.4) is 0 Å². The lowest BCUT2D eigenvalue weighted by molar-refractivity contribution is -0.135. The van der Waals surface area contributed by atoms with E-state index >= 15 is 0 Å². The molecule has 19 heavy (non-hydrogen) atoms. The van der Waals surface area contributed by atoms with Crippen LogP contribution in [-0.4, -0.2) is 47.4 Å². The molecule has 1 amide bonds. The first kappa shape index (κ1) is 13.4. The van der Waals surface area contributed by atoms with Crippen LogP contribution in [0.15, 0.2) is 0 Å². The SMILES string of the molecule is O=C(CN1CCCCCC1)N(C1CCCC1)C1CC1. The van der Waals surface area contributed by atoms with Crippen molar-refractivity contribution in [2.24, 2.45) is 0 Å². The Bertz CT molecular complexity index is 300. The highest BCUT2D eigenvalue weighted by atomic mass is 16.2. The summed E-state index contributed by atoms with van der Waals surface area (Å²) in [6.07, 6.45) is 12.9. The molecule has 108 valence electrons. The minimum Gasteiger partial charge on any atom is -0.336 e. The molecule has 0 unspecified atom stereocenters. The van der Waals surface area contributed by atoms with Crippen LogP contribution in [0, 0.1) is 0 Å². The summed E-state index contributed by atoms with van der Waals surface area (Å²) in [7, 11) is 0. The van der Waals surface area contributed by atoms with Crippen molar-refractivity contribution in [2.45, 2.75) is 76.3 Å². The van der Waals surface area contributed by atoms with Gasteiger partial charge in [-0.1, -0.05) is 25.7 Å². The second kappa shape index (κ2) is 6.25. The van der Waals surface area contributed by atoms with Crippen LogP contribution < -0.4 is 0 Å². The molecule has 0 bridgehead atoms. The second-order valence-corrected chi connectivity index (χ2v) is 6.66. The van der Waals surface area contributed by atoms with E-state index in [1.54, 1.807) is 0 Å².